The van der Waals surface area contributed by atoms with Crippen LogP contribution in [0.2, 0.25) is 11.1 Å². The van der Waals surface area contributed by atoms with Crippen molar-refractivity contribution in [2.75, 3.05) is 26.4 Å². The third-order valence-electron chi connectivity index (χ3n) is 14.5. The van der Waals surface area contributed by atoms with Crippen LogP contribution in [0.25, 0.3) is 0 Å². The summed E-state index contributed by atoms with van der Waals surface area (Å²) in [5.41, 5.74) is -12.4. The number of alkyl halides is 15. The van der Waals surface area contributed by atoms with Crippen LogP contribution in [-0.4, -0.2) is 116 Å². The largest absolute Gasteiger partial charge is 0.504 e. The first kappa shape index (κ1) is 68.9. The predicted molar refractivity (Wildman–Crippen MR) is 251 cm³/mol. The van der Waals surface area contributed by atoms with Crippen LogP contribution >= 0.6 is 66.5 Å². The van der Waals surface area contributed by atoms with Gasteiger partial charge < -0.3 is 33.7 Å². The van der Waals surface area contributed by atoms with Crippen LogP contribution in [0, 0.1) is 53.3 Å². The Balaban J connectivity index is 0.000000350. The van der Waals surface area contributed by atoms with Crippen molar-refractivity contribution in [1.82, 2.24) is 0 Å². The average molecular weight is 1250 g/mol. The van der Waals surface area contributed by atoms with E-state index in [0.29, 0.717) is 45.0 Å². The summed E-state index contributed by atoms with van der Waals surface area (Å²) in [7, 11) is -2.94. The molecule has 0 spiro atoms. The van der Waals surface area contributed by atoms with Crippen LogP contribution in [-0.2, 0) is 13.3 Å². The molecular formula is C41H63Cl6F15O7Si3. The quantitative estimate of drug-likeness (QED) is 0.0594. The minimum absolute atomic E-state index is 0.0279. The summed E-state index contributed by atoms with van der Waals surface area (Å²) in [6.07, 6.45) is -22.5. The highest BCUT2D eigenvalue weighted by Gasteiger charge is 2.73. The van der Waals surface area contributed by atoms with Gasteiger partial charge in [0.25, 0.3) is 11.2 Å². The molecule has 5 fully saturated rings. The normalized spacial score (nSPS) is 30.2. The van der Waals surface area contributed by atoms with Gasteiger partial charge in [-0.15, -0.1) is 66.5 Å². The summed E-state index contributed by atoms with van der Waals surface area (Å²) >= 11 is 32.6. The van der Waals surface area contributed by atoms with Crippen molar-refractivity contribution >= 4 is 88.0 Å². The highest BCUT2D eigenvalue weighted by Crippen LogP contribution is 2.64. The zero-order chi connectivity index (χ0) is 56.1. The van der Waals surface area contributed by atoms with Gasteiger partial charge in [0, 0.05) is 32.0 Å². The van der Waals surface area contributed by atoms with Gasteiger partial charge in [0.15, 0.2) is 5.60 Å². The molecule has 428 valence electrons. The second-order valence-corrected chi connectivity index (χ2v) is 37.5. The van der Waals surface area contributed by atoms with Crippen LogP contribution in [0.3, 0.4) is 0 Å². The lowest BCUT2D eigenvalue weighted by Crippen LogP contribution is -2.58. The number of hydrogen-bond donors (Lipinski definition) is 4. The molecule has 0 amide bonds. The van der Waals surface area contributed by atoms with E-state index in [4.69, 9.17) is 90.0 Å². The molecule has 5 saturated carbocycles. The Kier molecular flexibility index (Phi) is 25.2. The Morgan fingerprint density at radius 2 is 0.861 bits per heavy atom. The second kappa shape index (κ2) is 26.4. The molecule has 4 N–H and O–H groups in total. The van der Waals surface area contributed by atoms with Gasteiger partial charge in [-0.3, -0.25) is 0 Å². The molecule has 0 aliphatic heterocycles. The Morgan fingerprint density at radius 1 is 0.514 bits per heavy atom. The van der Waals surface area contributed by atoms with E-state index in [9.17, 15) is 76.1 Å². The molecule has 0 saturated heterocycles. The fourth-order valence-electron chi connectivity index (χ4n) is 11.6. The topological polar surface area (TPSA) is 109 Å². The fourth-order valence-corrected chi connectivity index (χ4v) is 19.0. The molecule has 6 bridgehead atoms. The molecular weight excluding hydrogens is 1190 g/mol. The summed E-state index contributed by atoms with van der Waals surface area (Å²) in [6.45, 7) is 8.14. The first-order valence-electron chi connectivity index (χ1n) is 23.2. The number of fused-ring (bicyclic) bond motifs is 6. The zero-order valence-electron chi connectivity index (χ0n) is 39.6. The Hall–Kier alpha value is 0.801. The zero-order valence-corrected chi connectivity index (χ0v) is 47.3. The fraction of sp³-hybridized carbons (Fsp3) is 0.951. The van der Waals surface area contributed by atoms with E-state index in [1.807, 2.05) is 26.8 Å². The predicted octanol–water partition coefficient (Wildman–Crippen LogP) is 14.3. The smallest absolute Gasteiger partial charge is 0.397 e. The van der Waals surface area contributed by atoms with Crippen molar-refractivity contribution in [3.63, 3.8) is 0 Å². The molecule has 6 aliphatic carbocycles. The number of aliphatic hydroxyl groups is 4. The molecule has 0 aromatic carbocycles. The first-order valence-corrected chi connectivity index (χ1v) is 35.3. The van der Waals surface area contributed by atoms with E-state index in [1.165, 1.54) is 0 Å². The second-order valence-electron chi connectivity index (χ2n) is 19.4. The van der Waals surface area contributed by atoms with Gasteiger partial charge in [-0.2, -0.15) is 65.9 Å². The SMILES string of the molecule is CCO.CCO[Si](OCC)(OCC)C1CC2CC(CC(C)(O)C(F)(F)F)C1C2.Cl[SiH](Cl)Cl.OC(CC1CC2C=CC1C2)(C(F)(F)F)C(F)(F)F.OC(CC1CC2CC1C([Si](Cl)(Cl)Cl)C2)(C(F)(F)F)C(F)(F)F. The monoisotopic (exact) mass is 1250 g/mol. The summed E-state index contributed by atoms with van der Waals surface area (Å²) < 4.78 is 209. The van der Waals surface area contributed by atoms with E-state index in [2.05, 4.69) is 0 Å². The van der Waals surface area contributed by atoms with E-state index >= 15 is 0 Å². The Bertz CT molecular complexity index is 1650. The van der Waals surface area contributed by atoms with Crippen molar-refractivity contribution in [2.24, 2.45) is 53.3 Å². The molecule has 0 radical (unpaired) electrons. The lowest BCUT2D eigenvalue weighted by molar-refractivity contribution is -0.373. The molecule has 31 heteroatoms. The van der Waals surface area contributed by atoms with Crippen LogP contribution in [0.15, 0.2) is 12.2 Å². The van der Waals surface area contributed by atoms with E-state index in [-0.39, 0.29) is 61.0 Å². The van der Waals surface area contributed by atoms with Gasteiger partial charge in [-0.1, -0.05) is 12.2 Å². The third kappa shape index (κ3) is 17.2. The maximum absolute atomic E-state index is 13.1. The maximum atomic E-state index is 13.1. The minimum atomic E-state index is -5.79. The minimum Gasteiger partial charge on any atom is -0.397 e. The summed E-state index contributed by atoms with van der Waals surface area (Å²) in [6, 6.07) is -3.21. The molecule has 72 heavy (non-hydrogen) atoms. The van der Waals surface area contributed by atoms with E-state index in [0.717, 1.165) is 26.2 Å². The molecule has 12 atom stereocenters. The van der Waals surface area contributed by atoms with Gasteiger partial charge in [-0.05, 0) is 164 Å². The number of halogens is 21. The molecule has 7 nitrogen and oxygen atoms in total. The van der Waals surface area contributed by atoms with Crippen LogP contribution in [0.5, 0.6) is 0 Å². The van der Waals surface area contributed by atoms with Crippen molar-refractivity contribution in [3.8, 4) is 0 Å². The van der Waals surface area contributed by atoms with E-state index in [1.54, 1.807) is 13.0 Å². The van der Waals surface area contributed by atoms with Crippen molar-refractivity contribution in [3.05, 3.63) is 12.2 Å². The van der Waals surface area contributed by atoms with Crippen molar-refractivity contribution in [2.45, 2.75) is 164 Å². The molecule has 12 unspecified atom stereocenters. The number of allylic oxidation sites excluding steroid dienone is 2. The average Bonchev–Trinajstić information content (AvgIpc) is 4.06. The van der Waals surface area contributed by atoms with Gasteiger partial charge in [0.2, 0.25) is 0 Å². The number of rotatable bonds is 14. The third-order valence-corrected chi connectivity index (χ3v) is 22.2. The Morgan fingerprint density at radius 3 is 1.15 bits per heavy atom. The molecule has 6 rings (SSSR count). The van der Waals surface area contributed by atoms with Crippen molar-refractivity contribution < 1.29 is 99.6 Å². The molecule has 0 aromatic rings. The standard InChI is InChI=1S/C17H31F3O4Si.C11H13Cl3F6OSi.C11H12F6O.C2H6O.Cl3HSi/c1-5-22-25(23-6-2,24-7-3)15-10-12-8-13(14(15)9-12)11-16(4,21)17(18,19)20;12-22(13,14)8-3-5-1-6(7(8)2-5)4-9(21,10(15,16)17)11(18,19)20;12-10(13,14)9(18,11(15,16)17)5-8-4-6-1-2-7(8)3-6;1-2-3;1-4(2)3/h12-15,21H,5-11H2,1-4H3;5-8,21H,1-4H2;1-2,6-8,18H,3-5H2;3H,2H2,1H3;4H. The molecule has 0 aromatic heterocycles. The van der Waals surface area contributed by atoms with Gasteiger partial charge in [0.1, 0.15) is 0 Å². The summed E-state index contributed by atoms with van der Waals surface area (Å²) in [5.74, 6) is -2.18. The van der Waals surface area contributed by atoms with Gasteiger partial charge in [0.05, 0.1) is 0 Å². The van der Waals surface area contributed by atoms with Gasteiger partial charge in [-0.25, -0.2) is 0 Å². The van der Waals surface area contributed by atoms with Crippen LogP contribution in [0.4, 0.5) is 65.9 Å². The van der Waals surface area contributed by atoms with Gasteiger partial charge >= 0.3 is 52.4 Å². The Labute approximate surface area is 441 Å². The lowest BCUT2D eigenvalue weighted by atomic mass is 9.79. The van der Waals surface area contributed by atoms with Crippen LogP contribution in [0.1, 0.15) is 105 Å². The first-order chi connectivity index (χ1) is 32.5. The molecule has 0 heterocycles. The summed E-state index contributed by atoms with van der Waals surface area (Å²) in [5, 5.41) is 35.9. The highest BCUT2D eigenvalue weighted by atomic mass is 35.8. The summed E-state index contributed by atoms with van der Waals surface area (Å²) in [4.78, 5) is 0. The number of hydrogen-bond acceptors (Lipinski definition) is 7. The van der Waals surface area contributed by atoms with Crippen molar-refractivity contribution in [1.29, 1.82) is 0 Å². The highest BCUT2D eigenvalue weighted by molar-refractivity contribution is 7.65. The lowest BCUT2D eigenvalue weighted by Gasteiger charge is -2.41. The van der Waals surface area contributed by atoms with E-state index < -0.39 is 105 Å². The van der Waals surface area contributed by atoms with Crippen LogP contribution < -0.4 is 0 Å². The number of aliphatic hydroxyl groups excluding tert-OH is 1. The molecule has 6 aliphatic rings. The maximum Gasteiger partial charge on any atom is 0.504 e.